The zero-order chi connectivity index (χ0) is 19.9. The van der Waals surface area contributed by atoms with Crippen molar-refractivity contribution < 1.29 is 9.59 Å². The molecule has 0 aliphatic carbocycles. The third-order valence-corrected chi connectivity index (χ3v) is 5.17. The number of Topliss-reactive ketones (excluding diaryl/α,β-unsaturated/α-hetero) is 1. The molecule has 0 saturated carbocycles. The number of nitrogens with one attached hydrogen (secondary N) is 1. The van der Waals surface area contributed by atoms with E-state index in [2.05, 4.69) is 27.6 Å². The van der Waals surface area contributed by atoms with Gasteiger partial charge in [0.25, 0.3) is 0 Å². The van der Waals surface area contributed by atoms with Gasteiger partial charge in [-0.2, -0.15) is 0 Å². The fourth-order valence-corrected chi connectivity index (χ4v) is 3.62. The fraction of sp³-hybridized carbons (Fsp3) is 0.238. The topological polar surface area (TPSA) is 76.9 Å². The van der Waals surface area contributed by atoms with Crippen molar-refractivity contribution in [2.75, 3.05) is 11.1 Å². The lowest BCUT2D eigenvalue weighted by Crippen LogP contribution is -2.15. The fourth-order valence-electron chi connectivity index (χ4n) is 2.80. The number of aromatic nitrogens is 3. The van der Waals surface area contributed by atoms with E-state index >= 15 is 0 Å². The number of ketones is 1. The lowest BCUT2D eigenvalue weighted by atomic mass is 10.1. The Bertz CT molecular complexity index is 970. The lowest BCUT2D eigenvalue weighted by molar-refractivity contribution is -0.113. The van der Waals surface area contributed by atoms with Crippen molar-refractivity contribution in [3.8, 4) is 0 Å². The van der Waals surface area contributed by atoms with Crippen LogP contribution in [0.4, 0.5) is 5.69 Å². The smallest absolute Gasteiger partial charge is 0.234 e. The van der Waals surface area contributed by atoms with Crippen LogP contribution in [0.25, 0.3) is 0 Å². The van der Waals surface area contributed by atoms with E-state index < -0.39 is 0 Å². The maximum atomic E-state index is 12.3. The summed E-state index contributed by atoms with van der Waals surface area (Å²) in [6.07, 6.45) is 0.701. The van der Waals surface area contributed by atoms with Crippen LogP contribution in [0.1, 0.15) is 35.6 Å². The Labute approximate surface area is 168 Å². The molecule has 3 rings (SSSR count). The second-order valence-electron chi connectivity index (χ2n) is 6.28. The van der Waals surface area contributed by atoms with E-state index in [1.165, 1.54) is 24.2 Å². The van der Waals surface area contributed by atoms with E-state index in [4.69, 9.17) is 0 Å². The van der Waals surface area contributed by atoms with Crippen molar-refractivity contribution >= 4 is 29.1 Å². The number of thioether (sulfide) groups is 1. The quantitative estimate of drug-likeness (QED) is 0.464. The summed E-state index contributed by atoms with van der Waals surface area (Å²) in [6.45, 7) is 4.27. The van der Waals surface area contributed by atoms with Gasteiger partial charge in [-0.25, -0.2) is 0 Å². The van der Waals surface area contributed by atoms with Crippen LogP contribution in [0.15, 0.2) is 59.8 Å². The number of hydrogen-bond donors (Lipinski definition) is 1. The van der Waals surface area contributed by atoms with Crippen LogP contribution in [0.3, 0.4) is 0 Å². The first kappa shape index (κ1) is 19.8. The number of anilines is 1. The summed E-state index contributed by atoms with van der Waals surface area (Å²) in [4.78, 5) is 23.8. The molecule has 0 fully saturated rings. The molecule has 0 radical (unpaired) electrons. The molecule has 0 aliphatic rings. The number of benzene rings is 2. The van der Waals surface area contributed by atoms with Crippen LogP contribution in [0, 0.1) is 0 Å². The van der Waals surface area contributed by atoms with Crippen LogP contribution in [0.5, 0.6) is 0 Å². The molecule has 0 spiro atoms. The summed E-state index contributed by atoms with van der Waals surface area (Å²) in [5, 5.41) is 12.1. The van der Waals surface area contributed by atoms with Crippen molar-refractivity contribution in [2.45, 2.75) is 32.0 Å². The SMILES string of the molecule is CCn1c(Cc2ccccc2)nnc1SCC(=O)Nc1cccc(C(C)=O)c1. The van der Waals surface area contributed by atoms with Crippen molar-refractivity contribution in [1.29, 1.82) is 0 Å². The maximum Gasteiger partial charge on any atom is 0.234 e. The first-order valence-electron chi connectivity index (χ1n) is 9.06. The second-order valence-corrected chi connectivity index (χ2v) is 7.22. The Balaban J connectivity index is 1.62. The van der Waals surface area contributed by atoms with E-state index in [-0.39, 0.29) is 17.4 Å². The molecule has 1 amide bonds. The molecular formula is C21H22N4O2S. The third kappa shape index (κ3) is 5.07. The van der Waals surface area contributed by atoms with E-state index in [0.717, 1.165) is 17.5 Å². The highest BCUT2D eigenvalue weighted by Crippen LogP contribution is 2.19. The summed E-state index contributed by atoms with van der Waals surface area (Å²) < 4.78 is 2.03. The van der Waals surface area contributed by atoms with Gasteiger partial charge in [0, 0.05) is 24.2 Å². The van der Waals surface area contributed by atoms with Crippen LogP contribution < -0.4 is 5.32 Å². The van der Waals surface area contributed by atoms with Crippen LogP contribution >= 0.6 is 11.8 Å². The van der Waals surface area contributed by atoms with Gasteiger partial charge >= 0.3 is 0 Å². The van der Waals surface area contributed by atoms with Crippen molar-refractivity contribution in [3.63, 3.8) is 0 Å². The first-order chi connectivity index (χ1) is 13.6. The largest absolute Gasteiger partial charge is 0.325 e. The molecule has 3 aromatic rings. The maximum absolute atomic E-state index is 12.3. The highest BCUT2D eigenvalue weighted by atomic mass is 32.2. The molecule has 1 heterocycles. The number of nitrogens with zero attached hydrogens (tertiary/aromatic N) is 3. The van der Waals surface area contributed by atoms with E-state index in [1.807, 2.05) is 29.7 Å². The van der Waals surface area contributed by atoms with Gasteiger partial charge in [0.05, 0.1) is 5.75 Å². The molecule has 1 N–H and O–H groups in total. The van der Waals surface area contributed by atoms with Gasteiger partial charge in [-0.3, -0.25) is 9.59 Å². The molecule has 0 aliphatic heterocycles. The summed E-state index contributed by atoms with van der Waals surface area (Å²) in [5.41, 5.74) is 2.35. The van der Waals surface area contributed by atoms with Gasteiger partial charge in [-0.05, 0) is 31.5 Å². The first-order valence-corrected chi connectivity index (χ1v) is 10.0. The standard InChI is InChI=1S/C21H22N4O2S/c1-3-25-19(12-16-8-5-4-6-9-16)23-24-21(25)28-14-20(27)22-18-11-7-10-17(13-18)15(2)26/h4-11,13H,3,12,14H2,1-2H3,(H,22,27). The Morgan fingerprint density at radius 2 is 1.86 bits per heavy atom. The summed E-state index contributed by atoms with van der Waals surface area (Å²) in [5.74, 6) is 0.910. The van der Waals surface area contributed by atoms with E-state index in [9.17, 15) is 9.59 Å². The van der Waals surface area contributed by atoms with Crippen LogP contribution in [0.2, 0.25) is 0 Å². The summed E-state index contributed by atoms with van der Waals surface area (Å²) >= 11 is 1.35. The van der Waals surface area contributed by atoms with Gasteiger partial charge in [0.2, 0.25) is 5.91 Å². The predicted octanol–water partition coefficient (Wildman–Crippen LogP) is 3.82. The van der Waals surface area contributed by atoms with Crippen molar-refractivity contribution in [1.82, 2.24) is 14.8 Å². The van der Waals surface area contributed by atoms with Gasteiger partial charge in [0.1, 0.15) is 5.82 Å². The van der Waals surface area contributed by atoms with Crippen LogP contribution in [-0.4, -0.2) is 32.2 Å². The number of hydrogen-bond acceptors (Lipinski definition) is 5. The average molecular weight is 395 g/mol. The minimum absolute atomic E-state index is 0.0348. The molecule has 1 aromatic heterocycles. The molecule has 0 saturated heterocycles. The molecule has 0 unspecified atom stereocenters. The molecule has 0 atom stereocenters. The van der Waals surface area contributed by atoms with Gasteiger partial charge in [-0.15, -0.1) is 10.2 Å². The molecule has 0 bridgehead atoms. The minimum Gasteiger partial charge on any atom is -0.325 e. The third-order valence-electron chi connectivity index (χ3n) is 4.20. The number of carbonyl (C=O) groups is 2. The Kier molecular flexibility index (Phi) is 6.60. The van der Waals surface area contributed by atoms with Gasteiger partial charge in [-0.1, -0.05) is 54.2 Å². The molecule has 6 nitrogen and oxygen atoms in total. The van der Waals surface area contributed by atoms with Crippen LogP contribution in [-0.2, 0) is 17.8 Å². The highest BCUT2D eigenvalue weighted by molar-refractivity contribution is 7.99. The molecule has 144 valence electrons. The molecule has 28 heavy (non-hydrogen) atoms. The second kappa shape index (κ2) is 9.32. The highest BCUT2D eigenvalue weighted by Gasteiger charge is 2.14. The Hall–Kier alpha value is -2.93. The minimum atomic E-state index is -0.152. The molecule has 2 aromatic carbocycles. The average Bonchev–Trinajstić information content (AvgIpc) is 3.08. The number of amides is 1. The van der Waals surface area contributed by atoms with Crippen molar-refractivity contribution in [2.24, 2.45) is 0 Å². The normalized spacial score (nSPS) is 10.6. The number of carbonyl (C=O) groups excluding carboxylic acids is 2. The lowest BCUT2D eigenvalue weighted by Gasteiger charge is -2.08. The molecule has 7 heteroatoms. The Morgan fingerprint density at radius 3 is 2.57 bits per heavy atom. The summed E-state index contributed by atoms with van der Waals surface area (Å²) in [6, 6.07) is 17.0. The Morgan fingerprint density at radius 1 is 1.07 bits per heavy atom. The van der Waals surface area contributed by atoms with Gasteiger partial charge in [0.15, 0.2) is 10.9 Å². The van der Waals surface area contributed by atoms with E-state index in [0.29, 0.717) is 17.7 Å². The van der Waals surface area contributed by atoms with E-state index in [1.54, 1.807) is 24.3 Å². The monoisotopic (exact) mass is 394 g/mol. The molecular weight excluding hydrogens is 372 g/mol. The van der Waals surface area contributed by atoms with Crippen molar-refractivity contribution in [3.05, 3.63) is 71.5 Å². The zero-order valence-electron chi connectivity index (χ0n) is 15.9. The zero-order valence-corrected chi connectivity index (χ0v) is 16.7. The summed E-state index contributed by atoms with van der Waals surface area (Å²) in [7, 11) is 0. The number of rotatable bonds is 8. The predicted molar refractivity (Wildman–Crippen MR) is 111 cm³/mol. The van der Waals surface area contributed by atoms with Gasteiger partial charge < -0.3 is 9.88 Å².